The topological polar surface area (TPSA) is 74.6 Å². The summed E-state index contributed by atoms with van der Waals surface area (Å²) < 4.78 is 39.8. The first kappa shape index (κ1) is 23.9. The van der Waals surface area contributed by atoms with Gasteiger partial charge in [-0.3, -0.25) is 4.79 Å². The van der Waals surface area contributed by atoms with Gasteiger partial charge in [0.05, 0.1) is 29.0 Å². The summed E-state index contributed by atoms with van der Waals surface area (Å²) in [5.41, 5.74) is 0.944. The van der Waals surface area contributed by atoms with Crippen molar-refractivity contribution in [1.82, 2.24) is 4.57 Å². The predicted molar refractivity (Wildman–Crippen MR) is 133 cm³/mol. The predicted octanol–water partition coefficient (Wildman–Crippen LogP) is 5.33. The first-order valence-corrected chi connectivity index (χ1v) is 12.7. The van der Waals surface area contributed by atoms with Crippen LogP contribution in [-0.2, 0) is 16.4 Å². The molecule has 0 aliphatic rings. The van der Waals surface area contributed by atoms with Gasteiger partial charge in [-0.1, -0.05) is 23.7 Å². The lowest BCUT2D eigenvalue weighted by Crippen LogP contribution is -2.19. The van der Waals surface area contributed by atoms with Crippen molar-refractivity contribution < 1.29 is 17.9 Å². The molecule has 8 heteroatoms. The van der Waals surface area contributed by atoms with E-state index < -0.39 is 15.3 Å². The molecule has 0 N–H and O–H groups in total. The summed E-state index contributed by atoms with van der Waals surface area (Å²) in [6.45, 7) is 4.94. The van der Waals surface area contributed by atoms with Crippen LogP contribution in [0.15, 0.2) is 87.5 Å². The highest BCUT2D eigenvalue weighted by Gasteiger charge is 2.24. The van der Waals surface area contributed by atoms with E-state index in [-0.39, 0.29) is 15.2 Å². The first-order valence-electron chi connectivity index (χ1n) is 10.9. The number of fused-ring (bicyclic) bond motifs is 1. The van der Waals surface area contributed by atoms with Crippen molar-refractivity contribution in [2.45, 2.75) is 30.2 Å². The Morgan fingerprint density at radius 3 is 2.12 bits per heavy atom. The van der Waals surface area contributed by atoms with Gasteiger partial charge in [0, 0.05) is 17.8 Å². The number of hydrogen-bond acceptors (Lipinski definition) is 5. The zero-order chi connectivity index (χ0) is 24.3. The van der Waals surface area contributed by atoms with E-state index in [1.54, 1.807) is 47.0 Å². The summed E-state index contributed by atoms with van der Waals surface area (Å²) in [4.78, 5) is 13.2. The number of ether oxygens (including phenoxy) is 2. The smallest absolute Gasteiger partial charge is 0.211 e. The largest absolute Gasteiger partial charge is 0.494 e. The molecular formula is C26H24ClNO5S. The van der Waals surface area contributed by atoms with E-state index in [1.807, 2.05) is 26.0 Å². The van der Waals surface area contributed by atoms with Gasteiger partial charge in [-0.2, -0.15) is 0 Å². The van der Waals surface area contributed by atoms with Crippen molar-refractivity contribution in [2.75, 3.05) is 13.2 Å². The number of sulfone groups is 1. The average molecular weight is 498 g/mol. The summed E-state index contributed by atoms with van der Waals surface area (Å²) >= 11 is 6.01. The molecule has 4 rings (SSSR count). The number of aromatic nitrogens is 1. The van der Waals surface area contributed by atoms with Gasteiger partial charge in [0.25, 0.3) is 0 Å². The van der Waals surface area contributed by atoms with Crippen LogP contribution in [0, 0.1) is 0 Å². The van der Waals surface area contributed by atoms with Crippen LogP contribution in [0.4, 0.5) is 0 Å². The molecule has 0 spiro atoms. The summed E-state index contributed by atoms with van der Waals surface area (Å²) in [5, 5.41) is 0.876. The maximum atomic E-state index is 13.5. The molecular weight excluding hydrogens is 474 g/mol. The Labute approximate surface area is 203 Å². The summed E-state index contributed by atoms with van der Waals surface area (Å²) in [6, 6.07) is 18.5. The van der Waals surface area contributed by atoms with E-state index in [1.165, 1.54) is 18.3 Å². The molecule has 0 unspecified atom stereocenters. The zero-order valence-electron chi connectivity index (χ0n) is 18.8. The van der Waals surface area contributed by atoms with Crippen molar-refractivity contribution in [3.8, 4) is 11.5 Å². The summed E-state index contributed by atoms with van der Waals surface area (Å²) in [7, 11) is -4.09. The number of hydrogen-bond donors (Lipinski definition) is 0. The molecule has 6 nitrogen and oxygen atoms in total. The number of halogens is 1. The highest BCUT2D eigenvalue weighted by atomic mass is 35.5. The minimum atomic E-state index is -4.09. The maximum absolute atomic E-state index is 13.5. The van der Waals surface area contributed by atoms with Gasteiger partial charge in [-0.05, 0) is 74.0 Å². The van der Waals surface area contributed by atoms with Gasteiger partial charge in [0.15, 0.2) is 0 Å². The molecule has 3 aromatic carbocycles. The Balaban J connectivity index is 1.90. The van der Waals surface area contributed by atoms with Gasteiger partial charge in [-0.25, -0.2) is 8.42 Å². The first-order chi connectivity index (χ1) is 16.3. The third-order valence-corrected chi connectivity index (χ3v) is 7.35. The molecule has 176 valence electrons. The van der Waals surface area contributed by atoms with E-state index in [2.05, 4.69) is 0 Å². The fourth-order valence-electron chi connectivity index (χ4n) is 3.72. The molecule has 0 radical (unpaired) electrons. The van der Waals surface area contributed by atoms with Crippen molar-refractivity contribution in [1.29, 1.82) is 0 Å². The molecule has 1 heterocycles. The van der Waals surface area contributed by atoms with E-state index in [0.29, 0.717) is 41.8 Å². The van der Waals surface area contributed by atoms with Crippen LogP contribution in [0.5, 0.6) is 11.5 Å². The Kier molecular flexibility index (Phi) is 6.95. The summed E-state index contributed by atoms with van der Waals surface area (Å²) in [5.74, 6) is 1.06. The van der Waals surface area contributed by atoms with E-state index in [9.17, 15) is 13.2 Å². The quantitative estimate of drug-likeness (QED) is 0.329. The highest BCUT2D eigenvalue weighted by molar-refractivity contribution is 7.91. The van der Waals surface area contributed by atoms with Crippen molar-refractivity contribution >= 4 is 32.3 Å². The molecule has 0 saturated heterocycles. The van der Waals surface area contributed by atoms with Crippen molar-refractivity contribution in [2.24, 2.45) is 0 Å². The molecule has 0 saturated carbocycles. The maximum Gasteiger partial charge on any atom is 0.211 e. The monoisotopic (exact) mass is 497 g/mol. The lowest BCUT2D eigenvalue weighted by molar-refractivity contribution is 0.340. The number of pyridine rings is 1. The van der Waals surface area contributed by atoms with Gasteiger partial charge < -0.3 is 14.0 Å². The second kappa shape index (κ2) is 9.91. The van der Waals surface area contributed by atoms with Gasteiger partial charge >= 0.3 is 0 Å². The molecule has 0 atom stereocenters. The molecule has 4 aromatic rings. The third-order valence-electron chi connectivity index (χ3n) is 5.33. The third kappa shape index (κ3) is 4.81. The van der Waals surface area contributed by atoms with Crippen LogP contribution in [0.3, 0.4) is 0 Å². The van der Waals surface area contributed by atoms with Crippen molar-refractivity contribution in [3.05, 3.63) is 93.7 Å². The van der Waals surface area contributed by atoms with E-state index in [4.69, 9.17) is 21.1 Å². The molecule has 0 aliphatic carbocycles. The minimum absolute atomic E-state index is 0.0198. The lowest BCUT2D eigenvalue weighted by atomic mass is 10.1. The average Bonchev–Trinajstić information content (AvgIpc) is 2.83. The Morgan fingerprint density at radius 1 is 0.853 bits per heavy atom. The molecule has 34 heavy (non-hydrogen) atoms. The fourth-order valence-corrected chi connectivity index (χ4v) is 5.22. The van der Waals surface area contributed by atoms with Crippen LogP contribution in [0.1, 0.15) is 19.4 Å². The second-order valence-corrected chi connectivity index (χ2v) is 9.95. The lowest BCUT2D eigenvalue weighted by Gasteiger charge is -2.15. The normalized spacial score (nSPS) is 11.5. The van der Waals surface area contributed by atoms with Gasteiger partial charge in [-0.15, -0.1) is 0 Å². The number of nitrogens with zero attached hydrogens (tertiary/aromatic N) is 1. The highest BCUT2D eigenvalue weighted by Crippen LogP contribution is 2.26. The molecule has 0 fully saturated rings. The SMILES string of the molecule is CCOc1ccc(S(=O)(=O)c2cn(Cc3ccc(Cl)cc3)c3ccc(OCC)cc3c2=O)cc1. The van der Waals surface area contributed by atoms with E-state index in [0.717, 1.165) is 5.56 Å². The fraction of sp³-hybridized carbons (Fsp3) is 0.192. The Morgan fingerprint density at radius 2 is 1.47 bits per heavy atom. The molecule has 1 aromatic heterocycles. The Bertz CT molecular complexity index is 1480. The number of benzene rings is 3. The molecule has 0 bridgehead atoms. The minimum Gasteiger partial charge on any atom is -0.494 e. The summed E-state index contributed by atoms with van der Waals surface area (Å²) in [6.07, 6.45) is 1.41. The van der Waals surface area contributed by atoms with Gasteiger partial charge in [0.1, 0.15) is 16.4 Å². The van der Waals surface area contributed by atoms with Crippen LogP contribution in [0.2, 0.25) is 5.02 Å². The second-order valence-electron chi connectivity index (χ2n) is 7.60. The molecule has 0 aliphatic heterocycles. The molecule has 0 amide bonds. The Hall–Kier alpha value is -3.29. The van der Waals surface area contributed by atoms with Crippen molar-refractivity contribution in [3.63, 3.8) is 0 Å². The van der Waals surface area contributed by atoms with Crippen LogP contribution >= 0.6 is 11.6 Å². The zero-order valence-corrected chi connectivity index (χ0v) is 20.4. The van der Waals surface area contributed by atoms with Gasteiger partial charge in [0.2, 0.25) is 15.3 Å². The van der Waals surface area contributed by atoms with Crippen LogP contribution < -0.4 is 14.9 Å². The standard InChI is InChI=1S/C26H24ClNO5S/c1-3-32-20-9-12-22(13-10-20)34(30,31)25-17-28(16-18-5-7-19(27)8-6-18)24-14-11-21(33-4-2)15-23(24)26(25)29/h5-15,17H,3-4,16H2,1-2H3. The van der Waals surface area contributed by atoms with Crippen LogP contribution in [-0.4, -0.2) is 26.2 Å². The van der Waals surface area contributed by atoms with Crippen LogP contribution in [0.25, 0.3) is 10.9 Å². The van der Waals surface area contributed by atoms with E-state index >= 15 is 0 Å². The number of rotatable bonds is 8.